The van der Waals surface area contributed by atoms with Gasteiger partial charge in [0.2, 0.25) is 0 Å². The molecule has 0 saturated heterocycles. The van der Waals surface area contributed by atoms with E-state index in [-0.39, 0.29) is 0 Å². The van der Waals surface area contributed by atoms with Gasteiger partial charge in [0.15, 0.2) is 0 Å². The first kappa shape index (κ1) is 80.3. The summed E-state index contributed by atoms with van der Waals surface area (Å²) < 4.78 is 16.1. The molecule has 7 heterocycles. The second-order valence-corrected chi connectivity index (χ2v) is 35.7. The molecule has 7 aromatic heterocycles. The lowest BCUT2D eigenvalue weighted by molar-refractivity contribution is 1.01. The van der Waals surface area contributed by atoms with E-state index >= 15 is 0 Å². The molecule has 0 aliphatic carbocycles. The molecular weight excluding hydrogens is 1620 g/mol. The fraction of sp³-hybridized carbons (Fsp3) is 0.0551. The predicted molar refractivity (Wildman–Crippen MR) is 581 cm³/mol. The van der Waals surface area contributed by atoms with Crippen LogP contribution in [-0.4, -0.2) is 32.0 Å². The lowest BCUT2D eigenvalue weighted by Gasteiger charge is -2.04. The van der Waals surface area contributed by atoms with Crippen LogP contribution >= 0.6 is 0 Å². The third kappa shape index (κ3) is 13.3. The molecule has 0 radical (unpaired) electrons. The maximum atomic E-state index is 2.36. The first-order valence-electron chi connectivity index (χ1n) is 46.3. The number of rotatable bonds is 0. The largest absolute Gasteiger partial charge is 0.344 e. The summed E-state index contributed by atoms with van der Waals surface area (Å²) in [6, 6.07) is 161. The van der Waals surface area contributed by atoms with Crippen molar-refractivity contribution < 1.29 is 0 Å². The highest BCUT2D eigenvalue weighted by Gasteiger charge is 2.20. The Kier molecular flexibility index (Phi) is 19.7. The van der Waals surface area contributed by atoms with E-state index in [0.717, 1.165) is 0 Å². The second-order valence-electron chi connectivity index (χ2n) is 35.7. The van der Waals surface area contributed by atoms with Crippen LogP contribution in [0.2, 0.25) is 0 Å². The van der Waals surface area contributed by atoms with Crippen molar-refractivity contribution in [3.8, 4) is 0 Å². The van der Waals surface area contributed by atoms with Gasteiger partial charge in [-0.2, -0.15) is 0 Å². The zero-order valence-corrected chi connectivity index (χ0v) is 75.9. The molecule has 638 valence electrons. The number of para-hydroxylation sites is 5. The first-order valence-corrected chi connectivity index (χ1v) is 46.3. The van der Waals surface area contributed by atoms with Gasteiger partial charge in [-0.15, -0.1) is 0 Å². The average molecular weight is 1720 g/mol. The molecule has 0 aliphatic rings. The van der Waals surface area contributed by atoms with Crippen LogP contribution in [0, 0.1) is 0 Å². The van der Waals surface area contributed by atoms with Crippen LogP contribution < -0.4 is 0 Å². The maximum absolute atomic E-state index is 2.36. The number of hydrogen-bond donors (Lipinski definition) is 0. The Balaban J connectivity index is 0.0000000862. The Hall–Kier alpha value is -17.0. The van der Waals surface area contributed by atoms with E-state index in [2.05, 4.69) is 530 Å². The number of nitrogens with zero attached hydrogens (tertiary/aromatic N) is 7. The lowest BCUT2D eigenvalue weighted by atomic mass is 10.00. The van der Waals surface area contributed by atoms with Crippen molar-refractivity contribution in [1.29, 1.82) is 0 Å². The summed E-state index contributed by atoms with van der Waals surface area (Å²) >= 11 is 0. The molecule has 0 spiro atoms. The standard InChI is InChI=1S/3C21H15N.3C17H13N.C13H11N/c1-22-20-12-16-8-4-2-6-14(16)10-18(20)19-11-15-7-3-5-9-17(15)13-21(19)22;1-22-18-12-10-14-6-2-4-8-16(14)20(18)21-17-9-5-3-7-15(17)11-13-19(21)22;1-22-20-16-8-4-2-6-14(16)10-12-18(20)19-13-11-15-7-3-5-9-17(15)21(19)22;1-18-16-9-5-4-8-14(16)15-10-12-6-2-3-7-13(12)11-17(15)18;1-18-16-9-5-4-8-14(16)15-11-10-12-6-2-3-7-13(12)17(15)18;1-18-15-9-5-4-8-14(15)17-13-7-3-2-6-12(13)10-11-16(17)18;1-14-12-8-4-2-6-10(12)11-7-3-5-9-13(11)14/h3*2-13H,1H3;3*2-11H,1H3;2-9H,1H3. The topological polar surface area (TPSA) is 34.5 Å². The van der Waals surface area contributed by atoms with Crippen molar-refractivity contribution in [2.75, 3.05) is 0 Å². The summed E-state index contributed by atoms with van der Waals surface area (Å²) in [7, 11) is 15.0. The summed E-state index contributed by atoms with van der Waals surface area (Å²) in [6.07, 6.45) is 0. The molecule has 0 aliphatic heterocycles. The molecule has 7 nitrogen and oxygen atoms in total. The summed E-state index contributed by atoms with van der Waals surface area (Å²) in [5.74, 6) is 0. The second kappa shape index (κ2) is 32.9. The minimum atomic E-state index is 1.29. The third-order valence-corrected chi connectivity index (χ3v) is 28.5. The van der Waals surface area contributed by atoms with Crippen LogP contribution in [0.3, 0.4) is 0 Å². The smallest absolute Gasteiger partial charge is 0.0568 e. The Morgan fingerprint density at radius 3 is 0.657 bits per heavy atom. The van der Waals surface area contributed by atoms with Crippen LogP contribution in [-0.2, 0) is 49.3 Å². The molecule has 30 rings (SSSR count). The minimum Gasteiger partial charge on any atom is -0.344 e. The van der Waals surface area contributed by atoms with E-state index in [1.807, 2.05) is 0 Å². The van der Waals surface area contributed by atoms with Crippen molar-refractivity contribution >= 4 is 250 Å². The molecule has 0 saturated carbocycles. The van der Waals surface area contributed by atoms with Gasteiger partial charge in [0, 0.05) is 202 Å². The maximum Gasteiger partial charge on any atom is 0.0568 e. The monoisotopic (exact) mass is 1720 g/mol. The number of hydrogen-bond acceptors (Lipinski definition) is 0. The van der Waals surface area contributed by atoms with Gasteiger partial charge in [0.25, 0.3) is 0 Å². The van der Waals surface area contributed by atoms with Crippen molar-refractivity contribution in [2.45, 2.75) is 0 Å². The Labute approximate surface area is 774 Å². The fourth-order valence-electron chi connectivity index (χ4n) is 21.9. The fourth-order valence-corrected chi connectivity index (χ4v) is 21.9. The number of benzene rings is 23. The SMILES string of the molecule is Cn1c2c3ccccc3ccc2c2ccc3ccccc3c21.Cn1c2cc3ccccc3cc2c2cc3ccccc3cc21.Cn1c2ccc3ccccc3c2c2c3ccccc3ccc21.Cn1c2ccccc2c2c3ccccc3ccc21.Cn1c2ccccc2c2cc3ccccc3cc21.Cn1c2ccccc2c2ccc3ccccc3c21.Cn1c2ccccc2c2ccccc21. The molecule has 0 bridgehead atoms. The zero-order chi connectivity index (χ0) is 89.9. The summed E-state index contributed by atoms with van der Waals surface area (Å²) in [4.78, 5) is 0. The zero-order valence-electron chi connectivity index (χ0n) is 75.9. The highest BCUT2D eigenvalue weighted by Crippen LogP contribution is 2.43. The molecule has 30 aromatic rings. The van der Waals surface area contributed by atoms with Crippen LogP contribution in [0.4, 0.5) is 0 Å². The van der Waals surface area contributed by atoms with Crippen molar-refractivity contribution in [3.63, 3.8) is 0 Å². The van der Waals surface area contributed by atoms with Gasteiger partial charge >= 0.3 is 0 Å². The molecule has 0 atom stereocenters. The molecule has 134 heavy (non-hydrogen) atoms. The molecule has 0 amide bonds. The lowest BCUT2D eigenvalue weighted by Crippen LogP contribution is -1.88. The van der Waals surface area contributed by atoms with Gasteiger partial charge in [-0.1, -0.05) is 364 Å². The summed E-state index contributed by atoms with van der Waals surface area (Å²) in [6.45, 7) is 0. The van der Waals surface area contributed by atoms with Crippen LogP contribution in [0.5, 0.6) is 0 Å². The van der Waals surface area contributed by atoms with Crippen LogP contribution in [0.15, 0.2) is 449 Å². The molecule has 23 aromatic carbocycles. The highest BCUT2D eigenvalue weighted by atomic mass is 15.0. The molecule has 7 heteroatoms. The van der Waals surface area contributed by atoms with Crippen LogP contribution in [0.1, 0.15) is 0 Å². The van der Waals surface area contributed by atoms with Gasteiger partial charge in [0.05, 0.1) is 16.6 Å². The van der Waals surface area contributed by atoms with E-state index in [9.17, 15) is 0 Å². The first-order chi connectivity index (χ1) is 65.9. The molecule has 0 fully saturated rings. The van der Waals surface area contributed by atoms with E-state index in [1.54, 1.807) is 0 Å². The van der Waals surface area contributed by atoms with Gasteiger partial charge in [0.1, 0.15) is 0 Å². The quantitative estimate of drug-likeness (QED) is 0.145. The van der Waals surface area contributed by atoms with Crippen molar-refractivity contribution in [1.82, 2.24) is 32.0 Å². The Morgan fingerprint density at radius 2 is 0.299 bits per heavy atom. The normalized spacial score (nSPS) is 11.7. The van der Waals surface area contributed by atoms with Crippen molar-refractivity contribution in [2.24, 2.45) is 49.3 Å². The average Bonchev–Trinajstić information content (AvgIpc) is 1.55. The van der Waals surface area contributed by atoms with Gasteiger partial charge < -0.3 is 32.0 Å². The van der Waals surface area contributed by atoms with Gasteiger partial charge in [-0.3, -0.25) is 0 Å². The third-order valence-electron chi connectivity index (χ3n) is 28.5. The number of aromatic nitrogens is 7. The van der Waals surface area contributed by atoms with Crippen LogP contribution in [0.25, 0.3) is 250 Å². The summed E-state index contributed by atoms with van der Waals surface area (Å²) in [5.41, 5.74) is 18.2. The molecule has 0 unspecified atom stereocenters. The predicted octanol–water partition coefficient (Wildman–Crippen LogP) is 33.7. The van der Waals surface area contributed by atoms with E-state index in [0.29, 0.717) is 0 Å². The van der Waals surface area contributed by atoms with Crippen molar-refractivity contribution in [3.05, 3.63) is 449 Å². The Morgan fingerprint density at radius 1 is 0.104 bits per heavy atom. The van der Waals surface area contributed by atoms with Gasteiger partial charge in [-0.05, 0) is 166 Å². The number of aryl methyl sites for hydroxylation is 7. The summed E-state index contributed by atoms with van der Waals surface area (Å²) in [5, 5.41) is 42.4. The van der Waals surface area contributed by atoms with Gasteiger partial charge in [-0.25, -0.2) is 0 Å². The Bertz CT molecular complexity index is 9600. The van der Waals surface area contributed by atoms with E-state index in [1.165, 1.54) is 250 Å². The molecular formula is C127H95N7. The highest BCUT2D eigenvalue weighted by molar-refractivity contribution is 6.29. The molecule has 0 N–H and O–H groups in total. The number of fused-ring (bicyclic) bond motifs is 36. The van der Waals surface area contributed by atoms with E-state index in [4.69, 9.17) is 0 Å². The van der Waals surface area contributed by atoms with E-state index < -0.39 is 0 Å². The minimum absolute atomic E-state index is 1.29.